The maximum atomic E-state index is 13.0. The highest BCUT2D eigenvalue weighted by atomic mass is 31.2. The molecule has 0 bridgehead atoms. The van der Waals surface area contributed by atoms with Crippen LogP contribution in [0.15, 0.2) is 0 Å². The molecule has 2 unspecified atom stereocenters. The van der Waals surface area contributed by atoms with E-state index in [0.29, 0.717) is 31.6 Å². The molecule has 0 spiro atoms. The summed E-state index contributed by atoms with van der Waals surface area (Å²) in [5.41, 5.74) is 0. The number of rotatable bonds is 68. The average molecular weight is 1300 g/mol. The molecule has 0 aliphatic rings. The zero-order valence-corrected chi connectivity index (χ0v) is 58.8. The van der Waals surface area contributed by atoms with Crippen LogP contribution in [0.2, 0.25) is 0 Å². The van der Waals surface area contributed by atoms with Crippen LogP contribution in [0, 0.1) is 11.8 Å². The van der Waals surface area contributed by atoms with Crippen molar-refractivity contribution in [3.05, 3.63) is 0 Å². The summed E-state index contributed by atoms with van der Waals surface area (Å²) in [6.07, 6.45) is 45.9. The molecule has 5 atom stereocenters. The fourth-order valence-electron chi connectivity index (χ4n) is 10.4. The lowest BCUT2D eigenvalue weighted by Gasteiger charge is -2.21. The second-order valence-corrected chi connectivity index (χ2v) is 28.8. The van der Waals surface area contributed by atoms with Crippen molar-refractivity contribution in [3.8, 4) is 0 Å². The maximum Gasteiger partial charge on any atom is 0.472 e. The van der Waals surface area contributed by atoms with Gasteiger partial charge in [-0.3, -0.25) is 37.3 Å². The lowest BCUT2D eigenvalue weighted by Crippen LogP contribution is -2.30. The number of phosphoric ester groups is 2. The molecule has 0 heterocycles. The number of carbonyl (C=O) groups excluding carboxylic acids is 4. The maximum absolute atomic E-state index is 13.0. The van der Waals surface area contributed by atoms with Crippen LogP contribution in [-0.4, -0.2) is 96.7 Å². The molecule has 0 fully saturated rings. The summed E-state index contributed by atoms with van der Waals surface area (Å²) in [4.78, 5) is 72.4. The van der Waals surface area contributed by atoms with Crippen LogP contribution in [0.3, 0.4) is 0 Å². The molecule has 0 rings (SSSR count). The first-order valence-electron chi connectivity index (χ1n) is 36.0. The van der Waals surface area contributed by atoms with Crippen LogP contribution in [0.4, 0.5) is 0 Å². The molecule has 522 valence electrons. The van der Waals surface area contributed by atoms with E-state index in [0.717, 1.165) is 102 Å². The van der Waals surface area contributed by atoms with E-state index in [1.807, 2.05) is 0 Å². The molecular weight excluding hydrogens is 1160 g/mol. The zero-order chi connectivity index (χ0) is 65.0. The predicted molar refractivity (Wildman–Crippen MR) is 354 cm³/mol. The molecule has 0 saturated heterocycles. The van der Waals surface area contributed by atoms with E-state index in [1.54, 1.807) is 0 Å². The Morgan fingerprint density at radius 3 is 0.773 bits per heavy atom. The number of unbranched alkanes of at least 4 members (excludes halogenated alkanes) is 38. The molecule has 0 aliphatic heterocycles. The van der Waals surface area contributed by atoms with E-state index in [1.165, 1.54) is 161 Å². The van der Waals surface area contributed by atoms with Gasteiger partial charge in [0.25, 0.3) is 0 Å². The SMILES string of the molecule is CCCCCCCCCCCCCCCCC(=O)OC[C@H](COP(=O)(O)OC[C@@H](O)COP(=O)(O)OC[C@@H](COC(=O)CCCCCCCCC(C)C)OC(=O)CCCCCCCCCCCC)OC(=O)CCCCCCCCCCCCCCC(C)C. The minimum Gasteiger partial charge on any atom is -0.462 e. The number of hydrogen-bond donors (Lipinski definition) is 3. The number of hydrogen-bond acceptors (Lipinski definition) is 15. The fourth-order valence-corrected chi connectivity index (χ4v) is 12.0. The topological polar surface area (TPSA) is 237 Å². The molecule has 0 amide bonds. The quantitative estimate of drug-likeness (QED) is 0.0222. The number of aliphatic hydroxyl groups is 1. The highest BCUT2D eigenvalue weighted by molar-refractivity contribution is 7.47. The molecule has 19 heteroatoms. The lowest BCUT2D eigenvalue weighted by molar-refractivity contribution is -0.161. The highest BCUT2D eigenvalue weighted by Crippen LogP contribution is 2.45. The molecule has 0 aromatic carbocycles. The van der Waals surface area contributed by atoms with Gasteiger partial charge in [0.2, 0.25) is 0 Å². The van der Waals surface area contributed by atoms with Crippen molar-refractivity contribution >= 4 is 39.5 Å². The molecule has 0 aromatic rings. The van der Waals surface area contributed by atoms with E-state index in [2.05, 4.69) is 41.5 Å². The largest absolute Gasteiger partial charge is 0.472 e. The normalized spacial score (nSPS) is 14.2. The first-order chi connectivity index (χ1) is 42.4. The first kappa shape index (κ1) is 86.1. The summed E-state index contributed by atoms with van der Waals surface area (Å²) < 4.78 is 68.2. The Balaban J connectivity index is 5.23. The van der Waals surface area contributed by atoms with Gasteiger partial charge in [-0.05, 0) is 37.5 Å². The van der Waals surface area contributed by atoms with Crippen molar-refractivity contribution in [2.75, 3.05) is 39.6 Å². The Kier molecular flexibility index (Phi) is 59.9. The van der Waals surface area contributed by atoms with Crippen LogP contribution in [0.25, 0.3) is 0 Å². The highest BCUT2D eigenvalue weighted by Gasteiger charge is 2.30. The zero-order valence-electron chi connectivity index (χ0n) is 57.0. The Morgan fingerprint density at radius 1 is 0.307 bits per heavy atom. The fraction of sp³-hybridized carbons (Fsp3) is 0.942. The third-order valence-electron chi connectivity index (χ3n) is 16.0. The third-order valence-corrected chi connectivity index (χ3v) is 17.9. The molecule has 0 radical (unpaired) electrons. The molecule has 0 saturated carbocycles. The van der Waals surface area contributed by atoms with Crippen LogP contribution in [0.5, 0.6) is 0 Å². The van der Waals surface area contributed by atoms with Crippen molar-refractivity contribution in [1.29, 1.82) is 0 Å². The van der Waals surface area contributed by atoms with Gasteiger partial charge in [-0.25, -0.2) is 9.13 Å². The van der Waals surface area contributed by atoms with Crippen molar-refractivity contribution in [1.82, 2.24) is 0 Å². The standard InChI is InChI=1S/C69H134O17P2/c1-7-9-11-13-15-17-19-20-21-25-29-32-39-45-51-66(71)79-57-64(85-69(74)54-48-42-34-30-26-23-22-24-27-31-37-43-49-61(3)4)59-83-87(75,76)81-55-63(70)56-82-88(77,78)84-60-65(58-80-67(72)52-46-40-36-35-38-44-50-62(5)6)86-68(73)53-47-41-33-28-18-16-14-12-10-8-2/h61-65,70H,7-60H2,1-6H3,(H,75,76)(H,77,78)/t63-,64-,65-/m1/s1. The molecule has 0 aliphatic carbocycles. The van der Waals surface area contributed by atoms with Gasteiger partial charge in [0, 0.05) is 25.7 Å². The van der Waals surface area contributed by atoms with E-state index in [9.17, 15) is 43.2 Å². The van der Waals surface area contributed by atoms with E-state index >= 15 is 0 Å². The van der Waals surface area contributed by atoms with Crippen molar-refractivity contribution in [3.63, 3.8) is 0 Å². The second kappa shape index (κ2) is 61.3. The van der Waals surface area contributed by atoms with Gasteiger partial charge in [-0.2, -0.15) is 0 Å². The summed E-state index contributed by atoms with van der Waals surface area (Å²) >= 11 is 0. The van der Waals surface area contributed by atoms with Crippen LogP contribution in [-0.2, 0) is 65.4 Å². The molecule has 88 heavy (non-hydrogen) atoms. The van der Waals surface area contributed by atoms with Gasteiger partial charge >= 0.3 is 39.5 Å². The summed E-state index contributed by atoms with van der Waals surface area (Å²) in [5, 5.41) is 10.6. The predicted octanol–water partition coefficient (Wildman–Crippen LogP) is 19.6. The van der Waals surface area contributed by atoms with Crippen molar-refractivity contribution < 1.29 is 80.2 Å². The van der Waals surface area contributed by atoms with Crippen molar-refractivity contribution in [2.24, 2.45) is 11.8 Å². The Bertz CT molecular complexity index is 1720. The summed E-state index contributed by atoms with van der Waals surface area (Å²) in [6, 6.07) is 0. The Labute approximate surface area is 537 Å². The second-order valence-electron chi connectivity index (χ2n) is 25.9. The van der Waals surface area contributed by atoms with Gasteiger partial charge in [-0.1, -0.05) is 298 Å². The van der Waals surface area contributed by atoms with E-state index in [4.69, 9.17) is 37.0 Å². The minimum absolute atomic E-state index is 0.105. The van der Waals surface area contributed by atoms with Crippen LogP contribution >= 0.6 is 15.6 Å². The van der Waals surface area contributed by atoms with Gasteiger partial charge < -0.3 is 33.8 Å². The third kappa shape index (κ3) is 62.8. The molecule has 17 nitrogen and oxygen atoms in total. The molecule has 0 aromatic heterocycles. The molecule has 3 N–H and O–H groups in total. The van der Waals surface area contributed by atoms with Crippen LogP contribution < -0.4 is 0 Å². The summed E-state index contributed by atoms with van der Waals surface area (Å²) in [6.45, 7) is 9.46. The number of aliphatic hydroxyl groups excluding tert-OH is 1. The van der Waals surface area contributed by atoms with Gasteiger partial charge in [0.05, 0.1) is 26.4 Å². The Morgan fingerprint density at radius 2 is 0.523 bits per heavy atom. The Hall–Kier alpha value is -1.94. The number of carbonyl (C=O) groups is 4. The van der Waals surface area contributed by atoms with E-state index < -0.39 is 97.5 Å². The minimum atomic E-state index is -4.95. The molecular formula is C69H134O17P2. The van der Waals surface area contributed by atoms with Crippen LogP contribution in [0.1, 0.15) is 350 Å². The number of phosphoric acid groups is 2. The number of ether oxygens (including phenoxy) is 4. The number of esters is 4. The van der Waals surface area contributed by atoms with Gasteiger partial charge in [0.15, 0.2) is 12.2 Å². The smallest absolute Gasteiger partial charge is 0.462 e. The average Bonchev–Trinajstić information content (AvgIpc) is 3.61. The van der Waals surface area contributed by atoms with Gasteiger partial charge in [-0.15, -0.1) is 0 Å². The van der Waals surface area contributed by atoms with Gasteiger partial charge in [0.1, 0.15) is 19.3 Å². The summed E-state index contributed by atoms with van der Waals surface area (Å²) in [7, 11) is -9.90. The van der Waals surface area contributed by atoms with E-state index in [-0.39, 0.29) is 25.7 Å². The lowest BCUT2D eigenvalue weighted by atomic mass is 10.0. The first-order valence-corrected chi connectivity index (χ1v) is 39.0. The summed E-state index contributed by atoms with van der Waals surface area (Å²) in [5.74, 6) is -0.670. The van der Waals surface area contributed by atoms with Crippen molar-refractivity contribution in [2.45, 2.75) is 368 Å². The monoisotopic (exact) mass is 1300 g/mol.